The van der Waals surface area contributed by atoms with E-state index in [2.05, 4.69) is 26.9 Å². The van der Waals surface area contributed by atoms with Crippen LogP contribution in [0.15, 0.2) is 18.3 Å². The van der Waals surface area contributed by atoms with Crippen molar-refractivity contribution in [2.45, 2.75) is 39.2 Å². The number of nitrogens with zero attached hydrogens (tertiary/aromatic N) is 3. The van der Waals surface area contributed by atoms with E-state index in [0.717, 1.165) is 38.9 Å². The highest BCUT2D eigenvalue weighted by Gasteiger charge is 2.52. The molecule has 1 aromatic heterocycles. The summed E-state index contributed by atoms with van der Waals surface area (Å²) in [5.41, 5.74) is 0.804. The fraction of sp³-hybridized carbons (Fsp3) is 0.619. The van der Waals surface area contributed by atoms with Gasteiger partial charge in [0.2, 0.25) is 0 Å². The van der Waals surface area contributed by atoms with Gasteiger partial charge in [-0.05, 0) is 32.4 Å². The maximum atomic E-state index is 11.8. The molecule has 0 bridgehead atoms. The molecule has 1 aromatic rings. The lowest BCUT2D eigenvalue weighted by Crippen LogP contribution is -2.57. The van der Waals surface area contributed by atoms with Gasteiger partial charge in [-0.2, -0.15) is 0 Å². The molecule has 0 radical (unpaired) electrons. The van der Waals surface area contributed by atoms with Gasteiger partial charge < -0.3 is 19.7 Å². The molecule has 1 spiro atoms. The van der Waals surface area contributed by atoms with E-state index in [-0.39, 0.29) is 11.5 Å². The van der Waals surface area contributed by atoms with Crippen molar-refractivity contribution in [1.29, 1.82) is 0 Å². The third-order valence-corrected chi connectivity index (χ3v) is 5.78. The molecule has 2 aliphatic rings. The van der Waals surface area contributed by atoms with E-state index >= 15 is 0 Å². The summed E-state index contributed by atoms with van der Waals surface area (Å²) in [6, 6.07) is 3.94. The maximum absolute atomic E-state index is 11.8. The molecule has 30 heavy (non-hydrogen) atoms. The second-order valence-corrected chi connectivity index (χ2v) is 7.94. The van der Waals surface area contributed by atoms with Crippen molar-refractivity contribution in [3.63, 3.8) is 0 Å². The van der Waals surface area contributed by atoms with Crippen LogP contribution in [0.4, 0.5) is 21.1 Å². The number of hydrogen-bond acceptors (Lipinski definition) is 6. The van der Waals surface area contributed by atoms with E-state index in [4.69, 9.17) is 9.47 Å². The summed E-state index contributed by atoms with van der Waals surface area (Å²) in [7, 11) is 0. The summed E-state index contributed by atoms with van der Waals surface area (Å²) < 4.78 is 12.1. The summed E-state index contributed by atoms with van der Waals surface area (Å²) in [6.45, 7) is 11.5. The predicted octanol–water partition coefficient (Wildman–Crippen LogP) is 2.79. The average molecular weight is 419 g/mol. The van der Waals surface area contributed by atoms with Crippen molar-refractivity contribution in [1.82, 2.24) is 9.88 Å². The van der Waals surface area contributed by atoms with Crippen LogP contribution >= 0.6 is 0 Å². The third kappa shape index (κ3) is 5.20. The van der Waals surface area contributed by atoms with Crippen molar-refractivity contribution in [3.8, 4) is 0 Å². The van der Waals surface area contributed by atoms with Gasteiger partial charge in [-0.15, -0.1) is 0 Å². The third-order valence-electron chi connectivity index (χ3n) is 5.78. The molecule has 2 amide bonds. The van der Waals surface area contributed by atoms with E-state index < -0.39 is 6.09 Å². The lowest BCUT2D eigenvalue weighted by molar-refractivity contribution is -0.555. The molecule has 2 heterocycles. The number of nitrogens with one attached hydrogen (secondary N) is 2. The number of ether oxygens (including phenoxy) is 2. The Morgan fingerprint density at radius 2 is 2.10 bits per heavy atom. The average Bonchev–Trinajstić information content (AvgIpc) is 3.14. The quantitative estimate of drug-likeness (QED) is 0.498. The highest BCUT2D eigenvalue weighted by atomic mass is 16.6. The van der Waals surface area contributed by atoms with Crippen molar-refractivity contribution in [2.75, 3.05) is 50.0 Å². The minimum Gasteiger partial charge on any atom is -0.450 e. The van der Waals surface area contributed by atoms with Crippen LogP contribution in [0.2, 0.25) is 0 Å². The van der Waals surface area contributed by atoms with Crippen LogP contribution in [0, 0.1) is 5.41 Å². The predicted molar refractivity (Wildman–Crippen MR) is 114 cm³/mol. The Bertz CT molecular complexity index is 778. The SMILES string of the molecule is C=[N+](CCNc1ncccc1NC(=O)OCC)C1CCC2(C1)CN(C(=O)OCC)C2. The second-order valence-electron chi connectivity index (χ2n) is 7.94. The highest BCUT2D eigenvalue weighted by molar-refractivity contribution is 5.88. The molecule has 1 saturated heterocycles. The van der Waals surface area contributed by atoms with Crippen LogP contribution < -0.4 is 10.6 Å². The Balaban J connectivity index is 1.43. The standard InChI is InChI=1S/C21H31N5O4/c1-4-29-19(27)24-17-7-6-10-22-18(17)23-11-12-25(3)16-8-9-21(13-16)14-26(15-21)20(28)30-5-2/h6-7,10,16H,3-5,8-9,11-15H2,1-2H3,(H-,22,23,24,27)/p+1. The summed E-state index contributed by atoms with van der Waals surface area (Å²) in [6.07, 6.45) is 4.21. The van der Waals surface area contributed by atoms with Gasteiger partial charge in [0, 0.05) is 37.5 Å². The monoisotopic (exact) mass is 418 g/mol. The van der Waals surface area contributed by atoms with E-state index in [1.165, 1.54) is 0 Å². The summed E-state index contributed by atoms with van der Waals surface area (Å²) in [4.78, 5) is 29.6. The Hall–Kier alpha value is -2.84. The first-order valence-electron chi connectivity index (χ1n) is 10.6. The molecule has 164 valence electrons. The first-order valence-corrected chi connectivity index (χ1v) is 10.6. The van der Waals surface area contributed by atoms with Crippen LogP contribution in [-0.4, -0.2) is 78.8 Å². The van der Waals surface area contributed by atoms with Crippen molar-refractivity contribution in [2.24, 2.45) is 5.41 Å². The molecule has 1 aliphatic carbocycles. The molecule has 0 aromatic carbocycles. The number of hydrogen-bond donors (Lipinski definition) is 2. The molecule has 2 N–H and O–H groups in total. The minimum atomic E-state index is -0.499. The van der Waals surface area contributed by atoms with Crippen LogP contribution in [0.25, 0.3) is 0 Å². The Morgan fingerprint density at radius 1 is 1.33 bits per heavy atom. The van der Waals surface area contributed by atoms with Gasteiger partial charge in [-0.25, -0.2) is 19.1 Å². The molecule has 1 saturated carbocycles. The van der Waals surface area contributed by atoms with Gasteiger partial charge in [0.1, 0.15) is 12.5 Å². The normalized spacial score (nSPS) is 19.1. The Labute approximate surface area is 177 Å². The number of carbonyl (C=O) groups is 2. The summed E-state index contributed by atoms with van der Waals surface area (Å²) in [5, 5.41) is 5.96. The molecular formula is C21H32N5O4+. The van der Waals surface area contributed by atoms with Crippen LogP contribution in [-0.2, 0) is 9.47 Å². The van der Waals surface area contributed by atoms with E-state index in [1.54, 1.807) is 30.2 Å². The van der Waals surface area contributed by atoms with Crippen molar-refractivity contribution >= 4 is 30.4 Å². The highest BCUT2D eigenvalue weighted by Crippen LogP contribution is 2.46. The van der Waals surface area contributed by atoms with Crippen LogP contribution in [0.1, 0.15) is 33.1 Å². The number of rotatable bonds is 8. The van der Waals surface area contributed by atoms with Crippen LogP contribution in [0.5, 0.6) is 0 Å². The number of anilines is 2. The zero-order valence-electron chi connectivity index (χ0n) is 17.9. The smallest absolute Gasteiger partial charge is 0.411 e. The molecular weight excluding hydrogens is 386 g/mol. The van der Waals surface area contributed by atoms with Gasteiger partial charge in [0.15, 0.2) is 12.6 Å². The van der Waals surface area contributed by atoms with Crippen molar-refractivity contribution in [3.05, 3.63) is 18.3 Å². The molecule has 2 fully saturated rings. The van der Waals surface area contributed by atoms with Gasteiger partial charge in [0.25, 0.3) is 0 Å². The fourth-order valence-electron chi connectivity index (χ4n) is 4.31. The van der Waals surface area contributed by atoms with E-state index in [1.807, 2.05) is 6.92 Å². The molecule has 3 rings (SSSR count). The Morgan fingerprint density at radius 3 is 2.83 bits per heavy atom. The second kappa shape index (κ2) is 9.77. The lowest BCUT2D eigenvalue weighted by Gasteiger charge is -2.47. The summed E-state index contributed by atoms with van der Waals surface area (Å²) in [5.74, 6) is 0.603. The minimum absolute atomic E-state index is 0.204. The molecule has 9 nitrogen and oxygen atoms in total. The lowest BCUT2D eigenvalue weighted by atomic mass is 9.78. The van der Waals surface area contributed by atoms with E-state index in [0.29, 0.717) is 37.3 Å². The topological polar surface area (TPSA) is 95.8 Å². The zero-order valence-corrected chi connectivity index (χ0v) is 17.9. The number of aromatic nitrogens is 1. The first-order chi connectivity index (χ1) is 14.5. The zero-order chi connectivity index (χ0) is 21.6. The first kappa shape index (κ1) is 21.9. The maximum Gasteiger partial charge on any atom is 0.411 e. The number of carbonyl (C=O) groups excluding carboxylic acids is 2. The van der Waals surface area contributed by atoms with E-state index in [9.17, 15) is 9.59 Å². The van der Waals surface area contributed by atoms with Gasteiger partial charge in [-0.1, -0.05) is 0 Å². The number of amides is 2. The van der Waals surface area contributed by atoms with Gasteiger partial charge in [0.05, 0.1) is 25.4 Å². The largest absolute Gasteiger partial charge is 0.450 e. The molecule has 9 heteroatoms. The van der Waals surface area contributed by atoms with Gasteiger partial charge >= 0.3 is 12.2 Å². The molecule has 1 atom stereocenters. The van der Waals surface area contributed by atoms with Gasteiger partial charge in [-0.3, -0.25) is 5.32 Å². The fourth-order valence-corrected chi connectivity index (χ4v) is 4.31. The van der Waals surface area contributed by atoms with Crippen molar-refractivity contribution < 1.29 is 23.6 Å². The number of pyridine rings is 1. The molecule has 1 aliphatic heterocycles. The number of likely N-dealkylation sites (tertiary alicyclic amines) is 1. The Kier molecular flexibility index (Phi) is 7.12. The summed E-state index contributed by atoms with van der Waals surface area (Å²) >= 11 is 0. The molecule has 1 unspecified atom stereocenters. The van der Waals surface area contributed by atoms with Crippen LogP contribution in [0.3, 0.4) is 0 Å².